The third-order valence-electron chi connectivity index (χ3n) is 2.76. The Morgan fingerprint density at radius 1 is 0.846 bits per heavy atom. The molecule has 146 valence electrons. The van der Waals surface area contributed by atoms with Crippen molar-refractivity contribution in [1.82, 2.24) is 0 Å². The molecule has 0 radical (unpaired) electrons. The van der Waals surface area contributed by atoms with E-state index in [1.165, 1.54) is 24.3 Å². The Labute approximate surface area is 152 Å². The SMILES string of the molecule is CCCCOC=O.CCCCOC=O.O=C(O)c1ccccc1C(=O)O. The highest BCUT2D eigenvalue weighted by molar-refractivity contribution is 6.01. The number of carboxylic acids is 2. The van der Waals surface area contributed by atoms with Gasteiger partial charge in [0.15, 0.2) is 0 Å². The van der Waals surface area contributed by atoms with Crippen molar-refractivity contribution in [3.8, 4) is 0 Å². The Kier molecular flexibility index (Phi) is 18.0. The molecule has 0 aliphatic carbocycles. The van der Waals surface area contributed by atoms with Crippen molar-refractivity contribution < 1.29 is 38.9 Å². The highest BCUT2D eigenvalue weighted by Gasteiger charge is 2.13. The number of hydrogen-bond donors (Lipinski definition) is 2. The van der Waals surface area contributed by atoms with Crippen LogP contribution in [0.4, 0.5) is 0 Å². The van der Waals surface area contributed by atoms with E-state index in [0.29, 0.717) is 26.2 Å². The standard InChI is InChI=1S/C8H6O4.2C5H10O2/c9-7(10)5-3-1-2-4-6(5)8(11)12;2*1-2-3-4-7-5-6/h1-4H,(H,9,10)(H,11,12);2*5H,2-4H2,1H3. The van der Waals surface area contributed by atoms with Crippen LogP contribution in [0, 0.1) is 0 Å². The lowest BCUT2D eigenvalue weighted by Gasteiger charge is -1.98. The summed E-state index contributed by atoms with van der Waals surface area (Å²) >= 11 is 0. The lowest BCUT2D eigenvalue weighted by molar-refractivity contribution is -0.129. The molecule has 0 saturated heterocycles. The molecule has 1 aromatic carbocycles. The first-order valence-corrected chi connectivity index (χ1v) is 8.12. The molecule has 2 N–H and O–H groups in total. The van der Waals surface area contributed by atoms with Gasteiger partial charge in [0.2, 0.25) is 0 Å². The van der Waals surface area contributed by atoms with Gasteiger partial charge >= 0.3 is 11.9 Å². The van der Waals surface area contributed by atoms with E-state index in [0.717, 1.165) is 25.7 Å². The van der Waals surface area contributed by atoms with Gasteiger partial charge in [0.25, 0.3) is 12.9 Å². The minimum Gasteiger partial charge on any atom is -0.478 e. The molecule has 0 aliphatic rings. The largest absolute Gasteiger partial charge is 0.478 e. The number of carbonyl (C=O) groups excluding carboxylic acids is 2. The molecule has 0 aromatic heterocycles. The fourth-order valence-corrected chi connectivity index (χ4v) is 1.41. The highest BCUT2D eigenvalue weighted by atomic mass is 16.5. The minimum atomic E-state index is -1.23. The molecule has 0 fully saturated rings. The summed E-state index contributed by atoms with van der Waals surface area (Å²) in [6.07, 6.45) is 4.10. The van der Waals surface area contributed by atoms with Crippen molar-refractivity contribution in [2.45, 2.75) is 39.5 Å². The zero-order valence-electron chi connectivity index (χ0n) is 15.1. The maximum Gasteiger partial charge on any atom is 0.336 e. The molecule has 0 unspecified atom stereocenters. The van der Waals surface area contributed by atoms with Gasteiger partial charge in [-0.2, -0.15) is 0 Å². The number of rotatable bonds is 10. The van der Waals surface area contributed by atoms with Crippen molar-refractivity contribution >= 4 is 24.9 Å². The van der Waals surface area contributed by atoms with Gasteiger partial charge in [0.05, 0.1) is 24.3 Å². The number of hydrogen-bond acceptors (Lipinski definition) is 6. The van der Waals surface area contributed by atoms with Crippen LogP contribution in [0.2, 0.25) is 0 Å². The Balaban J connectivity index is 0. The summed E-state index contributed by atoms with van der Waals surface area (Å²) in [7, 11) is 0. The molecule has 0 aliphatic heterocycles. The first-order valence-electron chi connectivity index (χ1n) is 8.12. The molecule has 0 amide bonds. The van der Waals surface area contributed by atoms with Crippen LogP contribution in [-0.4, -0.2) is 48.3 Å². The van der Waals surface area contributed by atoms with Crippen molar-refractivity contribution in [2.75, 3.05) is 13.2 Å². The van der Waals surface area contributed by atoms with Crippen LogP contribution < -0.4 is 0 Å². The summed E-state index contributed by atoms with van der Waals surface area (Å²) in [6, 6.07) is 5.48. The number of benzene rings is 1. The quantitative estimate of drug-likeness (QED) is 0.475. The normalized spacial score (nSPS) is 8.69. The Bertz CT molecular complexity index is 481. The zero-order valence-corrected chi connectivity index (χ0v) is 15.1. The molecule has 0 bridgehead atoms. The van der Waals surface area contributed by atoms with Crippen LogP contribution in [-0.2, 0) is 19.1 Å². The molecule has 0 spiro atoms. The molecule has 0 atom stereocenters. The van der Waals surface area contributed by atoms with E-state index in [-0.39, 0.29) is 11.1 Å². The lowest BCUT2D eigenvalue weighted by atomic mass is 10.1. The maximum atomic E-state index is 10.5. The predicted molar refractivity (Wildman–Crippen MR) is 94.2 cm³/mol. The molecule has 1 aromatic rings. The lowest BCUT2D eigenvalue weighted by Crippen LogP contribution is -2.06. The predicted octanol–water partition coefficient (Wildman–Crippen LogP) is 3.00. The second-order valence-electron chi connectivity index (χ2n) is 4.80. The average Bonchev–Trinajstić information content (AvgIpc) is 2.63. The maximum absolute atomic E-state index is 10.5. The van der Waals surface area contributed by atoms with Crippen molar-refractivity contribution in [3.63, 3.8) is 0 Å². The number of ether oxygens (including phenoxy) is 2. The van der Waals surface area contributed by atoms with E-state index in [9.17, 15) is 19.2 Å². The minimum absolute atomic E-state index is 0.190. The summed E-state index contributed by atoms with van der Waals surface area (Å²) in [5.74, 6) is -2.46. The van der Waals surface area contributed by atoms with Gasteiger partial charge < -0.3 is 19.7 Å². The first kappa shape index (κ1) is 25.3. The second-order valence-corrected chi connectivity index (χ2v) is 4.80. The van der Waals surface area contributed by atoms with Gasteiger partial charge in [-0.3, -0.25) is 9.59 Å². The van der Waals surface area contributed by atoms with Crippen molar-refractivity contribution in [3.05, 3.63) is 35.4 Å². The molecule has 26 heavy (non-hydrogen) atoms. The third kappa shape index (κ3) is 14.7. The van der Waals surface area contributed by atoms with Gasteiger partial charge in [-0.15, -0.1) is 0 Å². The van der Waals surface area contributed by atoms with Gasteiger partial charge in [-0.1, -0.05) is 38.8 Å². The smallest absolute Gasteiger partial charge is 0.336 e. The molecule has 0 saturated carbocycles. The molecular formula is C18H26O8. The topological polar surface area (TPSA) is 127 Å². The van der Waals surface area contributed by atoms with Gasteiger partial charge in [-0.25, -0.2) is 9.59 Å². The summed E-state index contributed by atoms with van der Waals surface area (Å²) in [5.41, 5.74) is -0.380. The number of carboxylic acid groups (broad SMARTS) is 2. The molecular weight excluding hydrogens is 344 g/mol. The van der Waals surface area contributed by atoms with Crippen molar-refractivity contribution in [2.24, 2.45) is 0 Å². The van der Waals surface area contributed by atoms with Crippen LogP contribution in [0.15, 0.2) is 24.3 Å². The highest BCUT2D eigenvalue weighted by Crippen LogP contribution is 2.07. The van der Waals surface area contributed by atoms with Crippen LogP contribution in [0.25, 0.3) is 0 Å². The van der Waals surface area contributed by atoms with E-state index in [2.05, 4.69) is 9.47 Å². The fraction of sp³-hybridized carbons (Fsp3) is 0.444. The fourth-order valence-electron chi connectivity index (χ4n) is 1.41. The Morgan fingerprint density at radius 2 is 1.19 bits per heavy atom. The summed E-state index contributed by atoms with van der Waals surface area (Å²) in [4.78, 5) is 39.8. The monoisotopic (exact) mass is 370 g/mol. The average molecular weight is 370 g/mol. The van der Waals surface area contributed by atoms with Gasteiger partial charge in [0.1, 0.15) is 0 Å². The second kappa shape index (κ2) is 18.4. The van der Waals surface area contributed by atoms with Gasteiger partial charge in [0, 0.05) is 0 Å². The Morgan fingerprint density at radius 3 is 1.42 bits per heavy atom. The van der Waals surface area contributed by atoms with E-state index < -0.39 is 11.9 Å². The number of carbonyl (C=O) groups is 4. The first-order chi connectivity index (χ1) is 12.5. The van der Waals surface area contributed by atoms with Crippen LogP contribution in [0.5, 0.6) is 0 Å². The number of aromatic carboxylic acids is 2. The molecule has 8 nitrogen and oxygen atoms in total. The van der Waals surface area contributed by atoms with Crippen LogP contribution in [0.3, 0.4) is 0 Å². The zero-order chi connectivity index (χ0) is 20.2. The van der Waals surface area contributed by atoms with E-state index >= 15 is 0 Å². The Hall–Kier alpha value is -2.90. The van der Waals surface area contributed by atoms with Crippen LogP contribution in [0.1, 0.15) is 60.2 Å². The summed E-state index contributed by atoms with van der Waals surface area (Å²) in [5, 5.41) is 17.1. The molecule has 1 rings (SSSR count). The molecule has 0 heterocycles. The van der Waals surface area contributed by atoms with E-state index in [1.54, 1.807) is 0 Å². The van der Waals surface area contributed by atoms with E-state index in [4.69, 9.17) is 10.2 Å². The van der Waals surface area contributed by atoms with Crippen LogP contribution >= 0.6 is 0 Å². The van der Waals surface area contributed by atoms with Crippen molar-refractivity contribution in [1.29, 1.82) is 0 Å². The van der Waals surface area contributed by atoms with Gasteiger partial charge in [-0.05, 0) is 25.0 Å². The molecule has 8 heteroatoms. The summed E-state index contributed by atoms with van der Waals surface area (Å²) < 4.78 is 8.79. The van der Waals surface area contributed by atoms with E-state index in [1.807, 2.05) is 13.8 Å². The number of unbranched alkanes of at least 4 members (excludes halogenated alkanes) is 2. The third-order valence-corrected chi connectivity index (χ3v) is 2.76. The summed E-state index contributed by atoms with van der Waals surface area (Å²) in [6.45, 7) is 6.20.